The summed E-state index contributed by atoms with van der Waals surface area (Å²) in [5, 5.41) is 16.7. The summed E-state index contributed by atoms with van der Waals surface area (Å²) >= 11 is 0. The Morgan fingerprint density at radius 1 is 1.62 bits per heavy atom. The first-order valence-electron chi connectivity index (χ1n) is 5.34. The Morgan fingerprint density at radius 3 is 3.00 bits per heavy atom. The predicted octanol–water partition coefficient (Wildman–Crippen LogP) is 1.61. The fourth-order valence-corrected chi connectivity index (χ4v) is 1.35. The lowest BCUT2D eigenvalue weighted by Crippen LogP contribution is -1.99. The molecule has 4 heteroatoms. The smallest absolute Gasteiger partial charge is 0.146 e. The van der Waals surface area contributed by atoms with Crippen LogP contribution in [0.5, 0.6) is 0 Å². The third-order valence-electron chi connectivity index (χ3n) is 2.16. The second-order valence-corrected chi connectivity index (χ2v) is 3.73. The van der Waals surface area contributed by atoms with E-state index in [1.165, 1.54) is 0 Å². The molecule has 1 heterocycles. The molecule has 1 N–H and O–H groups in total. The molecule has 0 fully saturated rings. The van der Waals surface area contributed by atoms with Crippen molar-refractivity contribution < 1.29 is 9.90 Å². The Labute approximate surface area is 95.0 Å². The molecule has 1 aromatic heterocycles. The molecule has 1 unspecified atom stereocenters. The second kappa shape index (κ2) is 6.85. The van der Waals surface area contributed by atoms with Crippen molar-refractivity contribution in [3.05, 3.63) is 29.6 Å². The van der Waals surface area contributed by atoms with E-state index >= 15 is 0 Å². The number of allylic oxidation sites excluding steroid dienone is 1. The van der Waals surface area contributed by atoms with Gasteiger partial charge in [-0.05, 0) is 50.0 Å². The maximum atomic E-state index is 10.8. The number of hydrogen-bond acceptors (Lipinski definition) is 4. The molecule has 0 spiro atoms. The number of aromatic nitrogens is 2. The van der Waals surface area contributed by atoms with E-state index in [4.69, 9.17) is 5.11 Å². The largest absolute Gasteiger partial charge is 0.393 e. The Kier molecular flexibility index (Phi) is 5.36. The molecule has 0 aliphatic rings. The predicted molar refractivity (Wildman–Crippen MR) is 61.6 cm³/mol. The summed E-state index contributed by atoms with van der Waals surface area (Å²) in [4.78, 5) is 10.8. The topological polar surface area (TPSA) is 63.1 Å². The fourth-order valence-electron chi connectivity index (χ4n) is 1.35. The monoisotopic (exact) mass is 220 g/mol. The number of aliphatic hydroxyl groups excluding tert-OH is 1. The average molecular weight is 220 g/mol. The van der Waals surface area contributed by atoms with Crippen LogP contribution >= 0.6 is 0 Å². The first-order valence-corrected chi connectivity index (χ1v) is 5.34. The number of nitrogens with zero attached hydrogens (tertiary/aromatic N) is 2. The Morgan fingerprint density at radius 2 is 2.44 bits per heavy atom. The highest BCUT2D eigenvalue weighted by atomic mass is 16.3. The van der Waals surface area contributed by atoms with Crippen molar-refractivity contribution in [1.29, 1.82) is 0 Å². The van der Waals surface area contributed by atoms with E-state index in [0.717, 1.165) is 12.7 Å². The summed E-state index contributed by atoms with van der Waals surface area (Å²) in [5.41, 5.74) is 1.36. The Hall–Kier alpha value is -1.55. The van der Waals surface area contributed by atoms with Crippen molar-refractivity contribution in [3.8, 4) is 0 Å². The van der Waals surface area contributed by atoms with Gasteiger partial charge in [0.1, 0.15) is 6.29 Å². The number of aldehydes is 1. The van der Waals surface area contributed by atoms with Crippen molar-refractivity contribution in [2.75, 3.05) is 0 Å². The minimum atomic E-state index is -0.315. The standard InChI is InChI=1S/C12H16N2O2/c1-10(16)4-2-5-11(9-15)8-12-6-3-7-13-14-12/h3,6-10,16H,2,4-5H2,1H3/b11-8-. The molecule has 1 rings (SSSR count). The highest BCUT2D eigenvalue weighted by Gasteiger charge is 2.00. The lowest BCUT2D eigenvalue weighted by atomic mass is 10.1. The molecular weight excluding hydrogens is 204 g/mol. The zero-order valence-corrected chi connectivity index (χ0v) is 9.34. The molecule has 1 aromatic rings. The summed E-state index contributed by atoms with van der Waals surface area (Å²) in [6.45, 7) is 1.74. The number of carbonyl (C=O) groups excluding carboxylic acids is 1. The first-order chi connectivity index (χ1) is 7.72. The van der Waals surface area contributed by atoms with Crippen LogP contribution in [0.25, 0.3) is 6.08 Å². The van der Waals surface area contributed by atoms with Gasteiger partial charge < -0.3 is 5.11 Å². The lowest BCUT2D eigenvalue weighted by Gasteiger charge is -2.03. The van der Waals surface area contributed by atoms with E-state index in [9.17, 15) is 4.79 Å². The van der Waals surface area contributed by atoms with Crippen LogP contribution in [0.2, 0.25) is 0 Å². The van der Waals surface area contributed by atoms with Crippen LogP contribution in [0.1, 0.15) is 31.9 Å². The lowest BCUT2D eigenvalue weighted by molar-refractivity contribution is -0.105. The van der Waals surface area contributed by atoms with Gasteiger partial charge in [-0.2, -0.15) is 10.2 Å². The molecule has 16 heavy (non-hydrogen) atoms. The SMILES string of the molecule is CC(O)CCC/C(C=O)=C/c1cccnn1. The molecule has 4 nitrogen and oxygen atoms in total. The molecule has 0 aromatic carbocycles. The highest BCUT2D eigenvalue weighted by Crippen LogP contribution is 2.10. The van der Waals surface area contributed by atoms with Gasteiger partial charge in [0, 0.05) is 6.20 Å². The van der Waals surface area contributed by atoms with Gasteiger partial charge in [0.05, 0.1) is 11.8 Å². The third kappa shape index (κ3) is 4.79. The van der Waals surface area contributed by atoms with E-state index in [1.807, 2.05) is 0 Å². The van der Waals surface area contributed by atoms with Crippen LogP contribution in [-0.2, 0) is 4.79 Å². The fraction of sp³-hybridized carbons (Fsp3) is 0.417. The van der Waals surface area contributed by atoms with Crippen molar-refractivity contribution in [2.24, 2.45) is 0 Å². The highest BCUT2D eigenvalue weighted by molar-refractivity contribution is 5.80. The Balaban J connectivity index is 2.54. The number of carbonyl (C=O) groups is 1. The van der Waals surface area contributed by atoms with Crippen molar-refractivity contribution in [1.82, 2.24) is 10.2 Å². The quantitative estimate of drug-likeness (QED) is 0.584. The molecule has 0 aliphatic carbocycles. The van der Waals surface area contributed by atoms with Crippen LogP contribution in [0, 0.1) is 0 Å². The molecule has 0 saturated carbocycles. The van der Waals surface area contributed by atoms with Crippen LogP contribution in [0.3, 0.4) is 0 Å². The zero-order chi connectivity index (χ0) is 11.8. The van der Waals surface area contributed by atoms with Crippen molar-refractivity contribution in [3.63, 3.8) is 0 Å². The summed E-state index contributed by atoms with van der Waals surface area (Å²) in [6.07, 6.45) is 5.98. The van der Waals surface area contributed by atoms with Crippen LogP contribution < -0.4 is 0 Å². The van der Waals surface area contributed by atoms with E-state index in [-0.39, 0.29) is 6.10 Å². The summed E-state index contributed by atoms with van der Waals surface area (Å²) in [7, 11) is 0. The van der Waals surface area contributed by atoms with Gasteiger partial charge in [0.25, 0.3) is 0 Å². The van der Waals surface area contributed by atoms with Crippen LogP contribution in [0.15, 0.2) is 23.9 Å². The molecule has 0 aliphatic heterocycles. The van der Waals surface area contributed by atoms with Gasteiger partial charge in [-0.1, -0.05) is 0 Å². The van der Waals surface area contributed by atoms with Crippen LogP contribution in [-0.4, -0.2) is 27.7 Å². The van der Waals surface area contributed by atoms with Crippen LogP contribution in [0.4, 0.5) is 0 Å². The maximum Gasteiger partial charge on any atom is 0.146 e. The molecular formula is C12H16N2O2. The average Bonchev–Trinajstić information content (AvgIpc) is 2.28. The molecule has 0 radical (unpaired) electrons. The molecule has 0 saturated heterocycles. The van der Waals surface area contributed by atoms with Gasteiger partial charge in [-0.25, -0.2) is 0 Å². The molecule has 0 amide bonds. The first kappa shape index (κ1) is 12.5. The van der Waals surface area contributed by atoms with Gasteiger partial charge in [0.15, 0.2) is 0 Å². The third-order valence-corrected chi connectivity index (χ3v) is 2.16. The number of aliphatic hydroxyl groups is 1. The Bertz CT molecular complexity index is 347. The molecule has 0 bridgehead atoms. The second-order valence-electron chi connectivity index (χ2n) is 3.73. The van der Waals surface area contributed by atoms with Gasteiger partial charge in [-0.3, -0.25) is 4.79 Å². The van der Waals surface area contributed by atoms with Gasteiger partial charge >= 0.3 is 0 Å². The molecule has 86 valence electrons. The normalized spacial score (nSPS) is 13.5. The minimum Gasteiger partial charge on any atom is -0.393 e. The maximum absolute atomic E-state index is 10.8. The summed E-state index contributed by atoms with van der Waals surface area (Å²) in [5.74, 6) is 0. The van der Waals surface area contributed by atoms with Crippen molar-refractivity contribution >= 4 is 12.4 Å². The minimum absolute atomic E-state index is 0.315. The van der Waals surface area contributed by atoms with E-state index < -0.39 is 0 Å². The van der Waals surface area contributed by atoms with Gasteiger partial charge in [-0.15, -0.1) is 0 Å². The zero-order valence-electron chi connectivity index (χ0n) is 9.34. The summed E-state index contributed by atoms with van der Waals surface area (Å²) in [6, 6.07) is 3.57. The van der Waals surface area contributed by atoms with Crippen molar-refractivity contribution in [2.45, 2.75) is 32.3 Å². The molecule has 1 atom stereocenters. The number of hydrogen-bond donors (Lipinski definition) is 1. The summed E-state index contributed by atoms with van der Waals surface area (Å²) < 4.78 is 0. The van der Waals surface area contributed by atoms with E-state index in [1.54, 1.807) is 31.3 Å². The van der Waals surface area contributed by atoms with E-state index in [0.29, 0.717) is 24.1 Å². The van der Waals surface area contributed by atoms with E-state index in [2.05, 4.69) is 10.2 Å². The van der Waals surface area contributed by atoms with Gasteiger partial charge in [0.2, 0.25) is 0 Å². The number of rotatable bonds is 6.